The van der Waals surface area contributed by atoms with E-state index in [1.54, 1.807) is 17.8 Å². The second-order valence-electron chi connectivity index (χ2n) is 2.96. The topological polar surface area (TPSA) is 84.2 Å². The highest BCUT2D eigenvalue weighted by atomic mass is 16.4. The van der Waals surface area contributed by atoms with Gasteiger partial charge in [-0.1, -0.05) is 0 Å². The van der Waals surface area contributed by atoms with E-state index in [1.807, 2.05) is 6.92 Å². The van der Waals surface area contributed by atoms with Gasteiger partial charge in [-0.25, -0.2) is 4.79 Å². The average Bonchev–Trinajstić information content (AvgIpc) is 2.42. The smallest absolute Gasteiger partial charge is 0.328 e. The van der Waals surface area contributed by atoms with Crippen LogP contribution in [0.3, 0.4) is 0 Å². The Labute approximate surface area is 86.2 Å². The summed E-state index contributed by atoms with van der Waals surface area (Å²) in [4.78, 5) is 21.3. The Bertz CT molecular complexity index is 401. The number of hydrogen-bond acceptors (Lipinski definition) is 3. The number of carboxylic acids is 1. The molecule has 0 saturated heterocycles. The second kappa shape index (κ2) is 4.41. The van der Waals surface area contributed by atoms with E-state index in [4.69, 9.17) is 5.11 Å². The van der Waals surface area contributed by atoms with Gasteiger partial charge in [-0.2, -0.15) is 5.10 Å². The normalized spacial score (nSPS) is 10.5. The van der Waals surface area contributed by atoms with Gasteiger partial charge in [0.15, 0.2) is 5.82 Å². The minimum absolute atomic E-state index is 0.398. The van der Waals surface area contributed by atoms with E-state index in [0.29, 0.717) is 5.82 Å². The molecule has 1 aromatic rings. The molecule has 6 nitrogen and oxygen atoms in total. The third-order valence-electron chi connectivity index (χ3n) is 1.74. The van der Waals surface area contributed by atoms with E-state index in [1.165, 1.54) is 0 Å². The lowest BCUT2D eigenvalue weighted by Gasteiger charge is -1.94. The molecule has 2 N–H and O–H groups in total. The fourth-order valence-electron chi connectivity index (χ4n) is 0.937. The summed E-state index contributed by atoms with van der Waals surface area (Å²) >= 11 is 0. The maximum Gasteiger partial charge on any atom is 0.328 e. The van der Waals surface area contributed by atoms with Crippen molar-refractivity contribution >= 4 is 17.7 Å². The summed E-state index contributed by atoms with van der Waals surface area (Å²) in [5.74, 6) is -1.28. The summed E-state index contributed by atoms with van der Waals surface area (Å²) in [6.07, 6.45) is 1.71. The van der Waals surface area contributed by atoms with Crippen LogP contribution < -0.4 is 5.32 Å². The molecule has 1 aromatic heterocycles. The van der Waals surface area contributed by atoms with Crippen molar-refractivity contribution in [1.29, 1.82) is 0 Å². The SMILES string of the molecule is Cc1cc(NC(=O)C=CC(=O)O)nn1C. The molecule has 6 heteroatoms. The molecule has 0 fully saturated rings. The first kappa shape index (κ1) is 11.0. The molecule has 1 rings (SSSR count). The Kier molecular flexibility index (Phi) is 3.22. The molecular weight excluding hydrogens is 198 g/mol. The van der Waals surface area contributed by atoms with E-state index < -0.39 is 11.9 Å². The molecule has 0 unspecified atom stereocenters. The molecule has 80 valence electrons. The van der Waals surface area contributed by atoms with Gasteiger partial charge in [0, 0.05) is 31.0 Å². The molecule has 1 heterocycles. The molecule has 0 spiro atoms. The first-order chi connectivity index (χ1) is 6.99. The Balaban J connectivity index is 2.63. The number of nitrogens with one attached hydrogen (secondary N) is 1. The predicted molar refractivity (Wildman–Crippen MR) is 53.4 cm³/mol. The number of aromatic nitrogens is 2. The van der Waals surface area contributed by atoms with Crippen LogP contribution in [0.15, 0.2) is 18.2 Å². The summed E-state index contributed by atoms with van der Waals surface area (Å²) in [6.45, 7) is 1.84. The van der Waals surface area contributed by atoms with E-state index in [0.717, 1.165) is 17.8 Å². The molecule has 0 saturated carbocycles. The number of amides is 1. The monoisotopic (exact) mass is 209 g/mol. The van der Waals surface area contributed by atoms with Crippen LogP contribution >= 0.6 is 0 Å². The third-order valence-corrected chi connectivity index (χ3v) is 1.74. The van der Waals surface area contributed by atoms with Crippen molar-refractivity contribution < 1.29 is 14.7 Å². The minimum atomic E-state index is -1.16. The van der Waals surface area contributed by atoms with Crippen molar-refractivity contribution in [2.45, 2.75) is 6.92 Å². The number of aliphatic carboxylic acids is 1. The van der Waals surface area contributed by atoms with E-state index in [2.05, 4.69) is 10.4 Å². The zero-order valence-corrected chi connectivity index (χ0v) is 8.39. The maximum absolute atomic E-state index is 11.1. The van der Waals surface area contributed by atoms with Gasteiger partial charge in [0.1, 0.15) is 0 Å². The van der Waals surface area contributed by atoms with Crippen molar-refractivity contribution in [2.24, 2.45) is 7.05 Å². The van der Waals surface area contributed by atoms with Crippen molar-refractivity contribution in [3.05, 3.63) is 23.9 Å². The van der Waals surface area contributed by atoms with Crippen molar-refractivity contribution in [3.8, 4) is 0 Å². The molecule has 0 aliphatic carbocycles. The lowest BCUT2D eigenvalue weighted by atomic mass is 10.4. The average molecular weight is 209 g/mol. The first-order valence-electron chi connectivity index (χ1n) is 4.21. The van der Waals surface area contributed by atoms with Gasteiger partial charge in [0.25, 0.3) is 0 Å². The molecule has 15 heavy (non-hydrogen) atoms. The number of rotatable bonds is 3. The lowest BCUT2D eigenvalue weighted by Crippen LogP contribution is -2.09. The van der Waals surface area contributed by atoms with Gasteiger partial charge >= 0.3 is 5.97 Å². The van der Waals surface area contributed by atoms with Crippen LogP contribution in [0.1, 0.15) is 5.69 Å². The quantitative estimate of drug-likeness (QED) is 0.701. The van der Waals surface area contributed by atoms with Crippen molar-refractivity contribution in [2.75, 3.05) is 5.32 Å². The Hall–Kier alpha value is -2.11. The number of hydrogen-bond donors (Lipinski definition) is 2. The van der Waals surface area contributed by atoms with E-state index >= 15 is 0 Å². The van der Waals surface area contributed by atoms with Gasteiger partial charge in [-0.05, 0) is 6.92 Å². The fraction of sp³-hybridized carbons (Fsp3) is 0.222. The molecule has 0 bridgehead atoms. The highest BCUT2D eigenvalue weighted by Crippen LogP contribution is 2.06. The van der Waals surface area contributed by atoms with Gasteiger partial charge in [-0.3, -0.25) is 9.48 Å². The zero-order chi connectivity index (χ0) is 11.4. The van der Waals surface area contributed by atoms with E-state index in [9.17, 15) is 9.59 Å². The number of aryl methyl sites for hydroxylation is 2. The number of nitrogens with zero attached hydrogens (tertiary/aromatic N) is 2. The molecule has 0 atom stereocenters. The molecule has 0 radical (unpaired) electrons. The largest absolute Gasteiger partial charge is 0.478 e. The van der Waals surface area contributed by atoms with E-state index in [-0.39, 0.29) is 0 Å². The minimum Gasteiger partial charge on any atom is -0.478 e. The third kappa shape index (κ3) is 3.26. The van der Waals surface area contributed by atoms with Gasteiger partial charge in [0.05, 0.1) is 0 Å². The molecule has 0 aliphatic rings. The zero-order valence-electron chi connectivity index (χ0n) is 8.39. The summed E-state index contributed by atoms with van der Waals surface area (Å²) in [6, 6.07) is 1.69. The Morgan fingerprint density at radius 3 is 2.67 bits per heavy atom. The number of carbonyl (C=O) groups is 2. The highest BCUT2D eigenvalue weighted by molar-refractivity contribution is 6.01. The molecule has 0 aliphatic heterocycles. The standard InChI is InChI=1S/C9H11N3O3/c1-6-5-7(11-12(6)2)10-8(13)3-4-9(14)15/h3-5H,1-2H3,(H,14,15)(H,10,11,13). The van der Waals surface area contributed by atoms with Crippen LogP contribution in [0, 0.1) is 6.92 Å². The van der Waals surface area contributed by atoms with Crippen molar-refractivity contribution in [1.82, 2.24) is 9.78 Å². The molecular formula is C9H11N3O3. The summed E-state index contributed by atoms with van der Waals surface area (Å²) in [7, 11) is 1.75. The highest BCUT2D eigenvalue weighted by Gasteiger charge is 2.03. The van der Waals surface area contributed by atoms with Crippen LogP contribution in [-0.4, -0.2) is 26.8 Å². The Morgan fingerprint density at radius 1 is 1.53 bits per heavy atom. The number of carbonyl (C=O) groups excluding carboxylic acids is 1. The van der Waals surface area contributed by atoms with Crippen LogP contribution in [0.5, 0.6) is 0 Å². The second-order valence-corrected chi connectivity index (χ2v) is 2.96. The Morgan fingerprint density at radius 2 is 2.20 bits per heavy atom. The summed E-state index contributed by atoms with van der Waals surface area (Å²) in [5, 5.41) is 14.7. The van der Waals surface area contributed by atoms with Crippen LogP contribution in [0.2, 0.25) is 0 Å². The number of anilines is 1. The fourth-order valence-corrected chi connectivity index (χ4v) is 0.937. The van der Waals surface area contributed by atoms with Crippen LogP contribution in [0.25, 0.3) is 0 Å². The van der Waals surface area contributed by atoms with Gasteiger partial charge in [0.2, 0.25) is 5.91 Å². The van der Waals surface area contributed by atoms with Crippen molar-refractivity contribution in [3.63, 3.8) is 0 Å². The summed E-state index contributed by atoms with van der Waals surface area (Å²) in [5.41, 5.74) is 0.896. The lowest BCUT2D eigenvalue weighted by molar-refractivity contribution is -0.131. The van der Waals surface area contributed by atoms with Crippen LogP contribution in [-0.2, 0) is 16.6 Å². The maximum atomic E-state index is 11.1. The molecule has 0 aromatic carbocycles. The first-order valence-corrected chi connectivity index (χ1v) is 4.21. The predicted octanol–water partition coefficient (Wildman–Crippen LogP) is 0.308. The van der Waals surface area contributed by atoms with Gasteiger partial charge < -0.3 is 10.4 Å². The number of carboxylic acid groups (broad SMARTS) is 1. The van der Waals surface area contributed by atoms with Crippen LogP contribution in [0.4, 0.5) is 5.82 Å². The van der Waals surface area contributed by atoms with Gasteiger partial charge in [-0.15, -0.1) is 0 Å². The summed E-state index contributed by atoms with van der Waals surface area (Å²) < 4.78 is 1.61. The molecule has 1 amide bonds.